The van der Waals surface area contributed by atoms with Crippen molar-refractivity contribution in [2.24, 2.45) is 10.1 Å². The number of hydrazone groups is 1. The molecule has 0 saturated carbocycles. The second-order valence-corrected chi connectivity index (χ2v) is 12.1. The van der Waals surface area contributed by atoms with Crippen LogP contribution in [0.1, 0.15) is 25.0 Å². The highest BCUT2D eigenvalue weighted by Crippen LogP contribution is 2.50. The van der Waals surface area contributed by atoms with E-state index in [1.54, 1.807) is 16.7 Å². The van der Waals surface area contributed by atoms with Crippen LogP contribution in [0.25, 0.3) is 0 Å². The van der Waals surface area contributed by atoms with Crippen molar-refractivity contribution >= 4 is 63.1 Å². The lowest BCUT2D eigenvalue weighted by atomic mass is 10.1. The van der Waals surface area contributed by atoms with Gasteiger partial charge in [0.15, 0.2) is 5.17 Å². The molecule has 0 radical (unpaired) electrons. The van der Waals surface area contributed by atoms with E-state index in [0.717, 1.165) is 56.1 Å². The fraction of sp³-hybridized carbons (Fsp3) is 0.147. The maximum absolute atomic E-state index is 14.1. The van der Waals surface area contributed by atoms with Gasteiger partial charge < -0.3 is 10.2 Å². The van der Waals surface area contributed by atoms with Crippen LogP contribution < -0.4 is 15.6 Å². The van der Waals surface area contributed by atoms with E-state index in [2.05, 4.69) is 39.8 Å². The molecule has 1 fully saturated rings. The van der Waals surface area contributed by atoms with Crippen molar-refractivity contribution in [1.82, 2.24) is 4.90 Å². The van der Waals surface area contributed by atoms with Gasteiger partial charge in [0.2, 0.25) is 0 Å². The minimum Gasteiger partial charge on any atom is -0.384 e. The number of carbonyl (C=O) groups is 1. The van der Waals surface area contributed by atoms with E-state index in [0.29, 0.717) is 16.6 Å². The minimum atomic E-state index is -0.0410. The number of anilines is 3. The number of para-hydroxylation sites is 2. The van der Waals surface area contributed by atoms with Gasteiger partial charge in [0.25, 0.3) is 5.91 Å². The Morgan fingerprint density at radius 2 is 1.60 bits per heavy atom. The molecule has 0 spiro atoms. The normalized spacial score (nSPS) is 17.5. The lowest BCUT2D eigenvalue weighted by Gasteiger charge is -2.17. The van der Waals surface area contributed by atoms with Gasteiger partial charge in [0, 0.05) is 18.5 Å². The zero-order valence-corrected chi connectivity index (χ0v) is 25.9. The molecule has 1 amide bonds. The number of amides is 1. The standard InChI is InChI=1S/C34H32N6OS2/c1-4-35-27-20-19-25(23(2)37-38-26-15-9-6-10-16-26)21-28(27)36-34-40(22-24-13-7-5-8-14-24)32(41)31(43-34)33-39(3)29-17-11-12-18-30(29)42-33/h5-21,35,38H,4,22H2,1-3H3/b33-31-,36-34-,37-23+. The number of nitrogens with zero attached hydrogens (tertiary/aromatic N) is 4. The van der Waals surface area contributed by atoms with Gasteiger partial charge in [-0.1, -0.05) is 78.5 Å². The fourth-order valence-corrected chi connectivity index (χ4v) is 7.18. The fourth-order valence-electron chi connectivity index (χ4n) is 4.84. The predicted molar refractivity (Wildman–Crippen MR) is 182 cm³/mol. The second-order valence-electron chi connectivity index (χ2n) is 10.1. The van der Waals surface area contributed by atoms with Crippen LogP contribution in [0.4, 0.5) is 22.7 Å². The van der Waals surface area contributed by atoms with E-state index < -0.39 is 0 Å². The minimum absolute atomic E-state index is 0.0410. The zero-order valence-electron chi connectivity index (χ0n) is 24.2. The largest absolute Gasteiger partial charge is 0.384 e. The number of thioether (sulfide) groups is 2. The van der Waals surface area contributed by atoms with Gasteiger partial charge in [-0.3, -0.25) is 15.1 Å². The Bertz CT molecular complexity index is 1740. The first-order valence-corrected chi connectivity index (χ1v) is 15.8. The van der Waals surface area contributed by atoms with Crippen molar-refractivity contribution in [3.63, 3.8) is 0 Å². The molecule has 4 aromatic rings. The molecule has 0 aromatic heterocycles. The summed E-state index contributed by atoms with van der Waals surface area (Å²) in [7, 11) is 2.02. The maximum atomic E-state index is 14.1. The Kier molecular flexibility index (Phi) is 8.53. The van der Waals surface area contributed by atoms with Crippen molar-refractivity contribution in [1.29, 1.82) is 0 Å². The number of hydrogen-bond acceptors (Lipinski definition) is 8. The number of benzene rings is 4. The SMILES string of the molecule is CCNc1ccc(/C(C)=N/Nc2ccccc2)cc1/N=C1\S/C(=C2\Sc3ccccc3N2C)C(=O)N1Cc1ccccc1. The van der Waals surface area contributed by atoms with Crippen molar-refractivity contribution in [2.75, 3.05) is 29.2 Å². The predicted octanol–water partition coefficient (Wildman–Crippen LogP) is 8.13. The molecule has 7 nitrogen and oxygen atoms in total. The van der Waals surface area contributed by atoms with E-state index in [1.165, 1.54) is 11.8 Å². The van der Waals surface area contributed by atoms with Crippen LogP contribution in [0.3, 0.4) is 0 Å². The van der Waals surface area contributed by atoms with Crippen molar-refractivity contribution in [3.8, 4) is 0 Å². The molecule has 2 N–H and O–H groups in total. The summed E-state index contributed by atoms with van der Waals surface area (Å²) in [6, 6.07) is 34.2. The Morgan fingerprint density at radius 3 is 2.35 bits per heavy atom. The average molecular weight is 605 g/mol. The van der Waals surface area contributed by atoms with E-state index in [1.807, 2.05) is 105 Å². The lowest BCUT2D eigenvalue weighted by Crippen LogP contribution is -2.29. The molecule has 1 saturated heterocycles. The van der Waals surface area contributed by atoms with Gasteiger partial charge in [-0.25, -0.2) is 4.99 Å². The molecule has 2 aliphatic rings. The van der Waals surface area contributed by atoms with Gasteiger partial charge >= 0.3 is 0 Å². The molecular weight excluding hydrogens is 573 g/mol. The van der Waals surface area contributed by atoms with Crippen LogP contribution in [0.5, 0.6) is 0 Å². The van der Waals surface area contributed by atoms with Crippen molar-refractivity contribution in [3.05, 3.63) is 124 Å². The van der Waals surface area contributed by atoms with Gasteiger partial charge in [-0.2, -0.15) is 5.10 Å². The summed E-state index contributed by atoms with van der Waals surface area (Å²) >= 11 is 3.06. The summed E-state index contributed by atoms with van der Waals surface area (Å²) < 4.78 is 0. The quantitative estimate of drug-likeness (QED) is 0.120. The van der Waals surface area contributed by atoms with Gasteiger partial charge in [0.1, 0.15) is 4.91 Å². The smallest absolute Gasteiger partial charge is 0.269 e. The van der Waals surface area contributed by atoms with E-state index in [9.17, 15) is 4.79 Å². The molecule has 4 aromatic carbocycles. The summed E-state index contributed by atoms with van der Waals surface area (Å²) in [5.41, 5.74) is 9.61. The van der Waals surface area contributed by atoms with Gasteiger partial charge in [0.05, 0.1) is 40.0 Å². The number of hydrogen-bond donors (Lipinski definition) is 2. The first-order valence-electron chi connectivity index (χ1n) is 14.1. The van der Waals surface area contributed by atoms with Crippen molar-refractivity contribution in [2.45, 2.75) is 25.3 Å². The molecular formula is C34H32N6OS2. The third-order valence-corrected chi connectivity index (χ3v) is 9.54. The van der Waals surface area contributed by atoms with Gasteiger partial charge in [-0.15, -0.1) is 0 Å². The third-order valence-electron chi connectivity index (χ3n) is 7.10. The summed E-state index contributed by atoms with van der Waals surface area (Å²) in [5, 5.41) is 9.61. The maximum Gasteiger partial charge on any atom is 0.269 e. The van der Waals surface area contributed by atoms with E-state index in [-0.39, 0.29) is 5.91 Å². The van der Waals surface area contributed by atoms with Crippen molar-refractivity contribution < 1.29 is 4.79 Å². The number of aliphatic imine (C=N–C) groups is 1. The molecule has 0 unspecified atom stereocenters. The Morgan fingerprint density at radius 1 is 0.884 bits per heavy atom. The number of fused-ring (bicyclic) bond motifs is 1. The highest BCUT2D eigenvalue weighted by molar-refractivity contribution is 8.19. The molecule has 2 heterocycles. The zero-order chi connectivity index (χ0) is 29.8. The van der Waals surface area contributed by atoms with Crippen LogP contribution in [0, 0.1) is 0 Å². The average Bonchev–Trinajstić information content (AvgIpc) is 3.53. The molecule has 216 valence electrons. The van der Waals surface area contributed by atoms with Crippen LogP contribution in [0.2, 0.25) is 0 Å². The van der Waals surface area contributed by atoms with Gasteiger partial charge in [-0.05, 0) is 73.1 Å². The first kappa shape index (κ1) is 28.6. The second kappa shape index (κ2) is 12.8. The first-order chi connectivity index (χ1) is 21.0. The molecule has 9 heteroatoms. The molecule has 0 bridgehead atoms. The van der Waals surface area contributed by atoms with E-state index >= 15 is 0 Å². The number of carbonyl (C=O) groups excluding carboxylic acids is 1. The Hall–Kier alpha value is -4.47. The molecule has 0 atom stereocenters. The summed E-state index contributed by atoms with van der Waals surface area (Å²) in [6.07, 6.45) is 0. The number of nitrogens with one attached hydrogen (secondary N) is 2. The molecule has 0 aliphatic carbocycles. The highest BCUT2D eigenvalue weighted by atomic mass is 32.2. The van der Waals surface area contributed by atoms with Crippen LogP contribution in [-0.4, -0.2) is 35.3 Å². The van der Waals surface area contributed by atoms with Crippen LogP contribution in [-0.2, 0) is 11.3 Å². The van der Waals surface area contributed by atoms with E-state index in [4.69, 9.17) is 4.99 Å². The molecule has 2 aliphatic heterocycles. The number of rotatable bonds is 8. The summed E-state index contributed by atoms with van der Waals surface area (Å²) in [6.45, 7) is 5.21. The summed E-state index contributed by atoms with van der Waals surface area (Å²) in [4.78, 5) is 25.0. The monoisotopic (exact) mass is 604 g/mol. The number of amidine groups is 1. The third kappa shape index (κ3) is 6.18. The topological polar surface area (TPSA) is 72.3 Å². The van der Waals surface area contributed by atoms with Crippen LogP contribution >= 0.6 is 23.5 Å². The van der Waals surface area contributed by atoms with Crippen LogP contribution in [0.15, 0.2) is 128 Å². The highest BCUT2D eigenvalue weighted by Gasteiger charge is 2.39. The Labute approximate surface area is 260 Å². The summed E-state index contributed by atoms with van der Waals surface area (Å²) in [5.74, 6) is -0.0410. The Balaban J connectivity index is 1.39. The molecule has 43 heavy (non-hydrogen) atoms. The molecule has 6 rings (SSSR count). The lowest BCUT2D eigenvalue weighted by molar-refractivity contribution is -0.122.